The monoisotopic (exact) mass is 268 g/mol. The molecule has 1 N–H and O–H groups in total. The molecule has 20 heavy (non-hydrogen) atoms. The van der Waals surface area contributed by atoms with Gasteiger partial charge in [-0.15, -0.1) is 0 Å². The van der Waals surface area contributed by atoms with E-state index in [4.69, 9.17) is 0 Å². The maximum absolute atomic E-state index is 12.2. The Morgan fingerprint density at radius 2 is 1.85 bits per heavy atom. The van der Waals surface area contributed by atoms with Crippen molar-refractivity contribution >= 4 is 11.6 Å². The maximum Gasteiger partial charge on any atom is 0.255 e. The Morgan fingerprint density at radius 1 is 1.10 bits per heavy atom. The van der Waals surface area contributed by atoms with E-state index in [9.17, 15) is 4.79 Å². The quantitative estimate of drug-likeness (QED) is 0.922. The number of carbonyl (C=O) groups excluding carboxylic acids is 1. The summed E-state index contributed by atoms with van der Waals surface area (Å²) in [5.41, 5.74) is 3.77. The van der Waals surface area contributed by atoms with E-state index in [1.54, 1.807) is 0 Å². The lowest BCUT2D eigenvalue weighted by molar-refractivity contribution is 0.102. The largest absolute Gasteiger partial charge is 0.322 e. The van der Waals surface area contributed by atoms with Crippen LogP contribution in [0.2, 0.25) is 0 Å². The van der Waals surface area contributed by atoms with E-state index in [-0.39, 0.29) is 5.91 Å². The normalized spacial score (nSPS) is 10.6. The zero-order chi connectivity index (χ0) is 14.5. The molecule has 0 fully saturated rings. The molecule has 0 atom stereocenters. The second-order valence-electron chi connectivity index (χ2n) is 5.26. The van der Waals surface area contributed by atoms with Crippen LogP contribution >= 0.6 is 0 Å². The molecule has 2 aromatic carbocycles. The fourth-order valence-electron chi connectivity index (χ4n) is 2.10. The molecule has 0 aliphatic carbocycles. The number of anilines is 1. The van der Waals surface area contributed by atoms with Crippen LogP contribution in [0, 0.1) is 6.92 Å². The van der Waals surface area contributed by atoms with Crippen LogP contribution in [0.3, 0.4) is 0 Å². The molecule has 104 valence electrons. The van der Waals surface area contributed by atoms with Gasteiger partial charge in [0.25, 0.3) is 5.91 Å². The zero-order valence-electron chi connectivity index (χ0n) is 12.2. The van der Waals surface area contributed by atoms with Crippen molar-refractivity contribution in [1.82, 2.24) is 4.90 Å². The predicted octanol–water partition coefficient (Wildman–Crippen LogP) is 3.31. The summed E-state index contributed by atoms with van der Waals surface area (Å²) < 4.78 is 0. The van der Waals surface area contributed by atoms with Gasteiger partial charge in [0.2, 0.25) is 0 Å². The molecule has 2 aromatic rings. The fourth-order valence-corrected chi connectivity index (χ4v) is 2.10. The maximum atomic E-state index is 12.2. The van der Waals surface area contributed by atoms with Gasteiger partial charge >= 0.3 is 0 Å². The van der Waals surface area contributed by atoms with Gasteiger partial charge in [0, 0.05) is 17.8 Å². The molecule has 0 spiro atoms. The van der Waals surface area contributed by atoms with Gasteiger partial charge in [-0.25, -0.2) is 0 Å². The second-order valence-corrected chi connectivity index (χ2v) is 5.26. The average Bonchev–Trinajstić information content (AvgIpc) is 2.38. The molecule has 0 saturated heterocycles. The van der Waals surface area contributed by atoms with Crippen LogP contribution in [-0.2, 0) is 6.54 Å². The first-order valence-corrected chi connectivity index (χ1v) is 6.66. The zero-order valence-corrected chi connectivity index (χ0v) is 12.2. The van der Waals surface area contributed by atoms with Crippen molar-refractivity contribution in [3.63, 3.8) is 0 Å². The first kappa shape index (κ1) is 14.3. The van der Waals surface area contributed by atoms with Crippen LogP contribution in [0.4, 0.5) is 5.69 Å². The van der Waals surface area contributed by atoms with Gasteiger partial charge in [-0.2, -0.15) is 0 Å². The van der Waals surface area contributed by atoms with E-state index >= 15 is 0 Å². The number of carbonyl (C=O) groups is 1. The molecule has 0 unspecified atom stereocenters. The Kier molecular flexibility index (Phi) is 4.53. The smallest absolute Gasteiger partial charge is 0.255 e. The van der Waals surface area contributed by atoms with E-state index in [2.05, 4.69) is 16.3 Å². The fraction of sp³-hybridized carbons (Fsp3) is 0.235. The van der Waals surface area contributed by atoms with Crippen LogP contribution in [0.25, 0.3) is 0 Å². The summed E-state index contributed by atoms with van der Waals surface area (Å²) in [5, 5.41) is 2.94. The minimum absolute atomic E-state index is 0.0734. The lowest BCUT2D eigenvalue weighted by Crippen LogP contribution is -2.13. The molecule has 3 nitrogen and oxygen atoms in total. The van der Waals surface area contributed by atoms with Gasteiger partial charge in [0.05, 0.1) is 0 Å². The number of nitrogens with one attached hydrogen (secondary N) is 1. The predicted molar refractivity (Wildman–Crippen MR) is 83.0 cm³/mol. The van der Waals surface area contributed by atoms with Gasteiger partial charge in [-0.3, -0.25) is 4.79 Å². The highest BCUT2D eigenvalue weighted by molar-refractivity contribution is 6.04. The summed E-state index contributed by atoms with van der Waals surface area (Å²) in [5.74, 6) is -0.0734. The van der Waals surface area contributed by atoms with Gasteiger partial charge in [0.15, 0.2) is 0 Å². The summed E-state index contributed by atoms with van der Waals surface area (Å²) in [6.45, 7) is 2.84. The molecule has 0 saturated carbocycles. The molecule has 0 radical (unpaired) electrons. The van der Waals surface area contributed by atoms with Crippen LogP contribution in [0.15, 0.2) is 48.5 Å². The first-order chi connectivity index (χ1) is 9.54. The van der Waals surface area contributed by atoms with Crippen LogP contribution in [0.5, 0.6) is 0 Å². The van der Waals surface area contributed by atoms with Crippen molar-refractivity contribution < 1.29 is 4.79 Å². The molecule has 1 amide bonds. The third-order valence-corrected chi connectivity index (χ3v) is 2.96. The Hall–Kier alpha value is -2.13. The van der Waals surface area contributed by atoms with Gasteiger partial charge in [-0.05, 0) is 50.8 Å². The molecule has 0 bridgehead atoms. The number of hydrogen-bond donors (Lipinski definition) is 1. The van der Waals surface area contributed by atoms with E-state index in [1.165, 1.54) is 5.56 Å². The van der Waals surface area contributed by atoms with E-state index in [0.29, 0.717) is 5.56 Å². The minimum atomic E-state index is -0.0734. The van der Waals surface area contributed by atoms with Crippen molar-refractivity contribution in [2.75, 3.05) is 19.4 Å². The number of rotatable bonds is 4. The highest BCUT2D eigenvalue weighted by atomic mass is 16.1. The summed E-state index contributed by atoms with van der Waals surface area (Å²) in [6.07, 6.45) is 0. The Balaban J connectivity index is 2.11. The summed E-state index contributed by atoms with van der Waals surface area (Å²) in [4.78, 5) is 14.3. The van der Waals surface area contributed by atoms with Gasteiger partial charge in [-0.1, -0.05) is 29.8 Å². The van der Waals surface area contributed by atoms with Crippen LogP contribution < -0.4 is 5.32 Å². The molecular formula is C17H20N2O. The topological polar surface area (TPSA) is 32.3 Å². The lowest BCUT2D eigenvalue weighted by atomic mass is 10.1. The molecule has 2 rings (SSSR count). The number of amides is 1. The number of hydrogen-bond acceptors (Lipinski definition) is 2. The highest BCUT2D eigenvalue weighted by Crippen LogP contribution is 2.14. The van der Waals surface area contributed by atoms with Crippen molar-refractivity contribution in [3.05, 3.63) is 65.2 Å². The highest BCUT2D eigenvalue weighted by Gasteiger charge is 2.06. The third kappa shape index (κ3) is 3.93. The van der Waals surface area contributed by atoms with Crippen LogP contribution in [-0.4, -0.2) is 24.9 Å². The van der Waals surface area contributed by atoms with Gasteiger partial charge < -0.3 is 10.2 Å². The van der Waals surface area contributed by atoms with Crippen molar-refractivity contribution in [2.24, 2.45) is 0 Å². The number of aryl methyl sites for hydroxylation is 1. The molecule has 3 heteroatoms. The molecule has 0 aliphatic heterocycles. The molecular weight excluding hydrogens is 248 g/mol. The first-order valence-electron chi connectivity index (χ1n) is 6.66. The molecule has 0 heterocycles. The Bertz CT molecular complexity index is 605. The number of nitrogens with zero attached hydrogens (tertiary/aromatic N) is 1. The SMILES string of the molecule is Cc1cccc(C(=O)Nc2cccc(CN(C)C)c2)c1. The van der Waals surface area contributed by atoms with E-state index in [0.717, 1.165) is 17.8 Å². The standard InChI is InChI=1S/C17H20N2O/c1-13-6-4-8-15(10-13)17(20)18-16-9-5-7-14(11-16)12-19(2)3/h4-11H,12H2,1-3H3,(H,18,20). The minimum Gasteiger partial charge on any atom is -0.322 e. The third-order valence-electron chi connectivity index (χ3n) is 2.96. The average molecular weight is 268 g/mol. The van der Waals surface area contributed by atoms with Crippen molar-refractivity contribution in [3.8, 4) is 0 Å². The van der Waals surface area contributed by atoms with E-state index < -0.39 is 0 Å². The molecule has 0 aromatic heterocycles. The molecule has 0 aliphatic rings. The van der Waals surface area contributed by atoms with Gasteiger partial charge in [0.1, 0.15) is 0 Å². The Morgan fingerprint density at radius 3 is 2.55 bits per heavy atom. The lowest BCUT2D eigenvalue weighted by Gasteiger charge is -2.11. The van der Waals surface area contributed by atoms with Crippen molar-refractivity contribution in [2.45, 2.75) is 13.5 Å². The summed E-state index contributed by atoms with van der Waals surface area (Å²) in [7, 11) is 4.05. The second kappa shape index (κ2) is 6.35. The number of benzene rings is 2. The summed E-state index contributed by atoms with van der Waals surface area (Å²) >= 11 is 0. The Labute approximate surface area is 120 Å². The van der Waals surface area contributed by atoms with Crippen LogP contribution in [0.1, 0.15) is 21.5 Å². The summed E-state index contributed by atoms with van der Waals surface area (Å²) in [6, 6.07) is 15.5. The van der Waals surface area contributed by atoms with Crippen molar-refractivity contribution in [1.29, 1.82) is 0 Å². The van der Waals surface area contributed by atoms with E-state index in [1.807, 2.05) is 63.5 Å².